The van der Waals surface area contributed by atoms with Crippen LogP contribution in [0.2, 0.25) is 0 Å². The van der Waals surface area contributed by atoms with Crippen LogP contribution in [-0.2, 0) is 4.79 Å². The van der Waals surface area contributed by atoms with Gasteiger partial charge in [-0.2, -0.15) is 0 Å². The van der Waals surface area contributed by atoms with Gasteiger partial charge in [0.05, 0.1) is 18.8 Å². The van der Waals surface area contributed by atoms with Gasteiger partial charge in [-0.1, -0.05) is 167 Å². The Kier molecular flexibility index (Phi) is 33.4. The summed E-state index contributed by atoms with van der Waals surface area (Å²) in [5.41, 5.74) is 0. The number of amides is 1. The topological polar surface area (TPSA) is 69.6 Å². The Morgan fingerprint density at radius 2 is 0.905 bits per heavy atom. The molecule has 0 saturated carbocycles. The van der Waals surface area contributed by atoms with E-state index in [-0.39, 0.29) is 12.5 Å². The second-order valence-electron chi connectivity index (χ2n) is 12.6. The average Bonchev–Trinajstić information content (AvgIpc) is 2.99. The highest BCUT2D eigenvalue weighted by atomic mass is 16.3. The van der Waals surface area contributed by atoms with Crippen molar-refractivity contribution in [3.63, 3.8) is 0 Å². The van der Waals surface area contributed by atoms with Crippen LogP contribution in [0.25, 0.3) is 0 Å². The van der Waals surface area contributed by atoms with Crippen molar-refractivity contribution in [2.75, 3.05) is 6.61 Å². The second kappa shape index (κ2) is 34.4. The lowest BCUT2D eigenvalue weighted by Crippen LogP contribution is -2.45. The molecule has 0 aromatic rings. The number of hydrogen-bond acceptors (Lipinski definition) is 3. The van der Waals surface area contributed by atoms with E-state index in [1.54, 1.807) is 6.08 Å². The summed E-state index contributed by atoms with van der Waals surface area (Å²) in [5.74, 6) is -0.0711. The third-order valence-corrected chi connectivity index (χ3v) is 8.43. The number of aliphatic hydroxyl groups is 2. The molecule has 0 fully saturated rings. The fourth-order valence-electron chi connectivity index (χ4n) is 5.52. The lowest BCUT2D eigenvalue weighted by Gasteiger charge is -2.20. The molecule has 4 nitrogen and oxygen atoms in total. The molecule has 4 heteroatoms. The lowest BCUT2D eigenvalue weighted by atomic mass is 10.1. The fraction of sp³-hybridized carbons (Fsp3) is 0.868. The predicted octanol–water partition coefficient (Wildman–Crippen LogP) is 10.9. The minimum absolute atomic E-state index is 0.0711. The first kappa shape index (κ1) is 40.9. The molecule has 0 aromatic carbocycles. The van der Waals surface area contributed by atoms with Crippen LogP contribution in [0.15, 0.2) is 24.3 Å². The first-order valence-corrected chi connectivity index (χ1v) is 18.6. The van der Waals surface area contributed by atoms with Gasteiger partial charge in [0.2, 0.25) is 5.91 Å². The Morgan fingerprint density at radius 1 is 0.548 bits per heavy atom. The van der Waals surface area contributed by atoms with Gasteiger partial charge in [-0.05, 0) is 44.9 Å². The van der Waals surface area contributed by atoms with Crippen molar-refractivity contribution in [3.05, 3.63) is 24.3 Å². The van der Waals surface area contributed by atoms with Crippen molar-refractivity contribution in [2.24, 2.45) is 0 Å². The fourth-order valence-corrected chi connectivity index (χ4v) is 5.52. The van der Waals surface area contributed by atoms with Crippen molar-refractivity contribution in [3.8, 4) is 0 Å². The van der Waals surface area contributed by atoms with Crippen molar-refractivity contribution >= 4 is 5.91 Å². The summed E-state index contributed by atoms with van der Waals surface area (Å²) in [4.78, 5) is 12.3. The van der Waals surface area contributed by atoms with Crippen LogP contribution in [0.4, 0.5) is 0 Å². The summed E-state index contributed by atoms with van der Waals surface area (Å²) in [5, 5.41) is 22.8. The highest BCUT2D eigenvalue weighted by Crippen LogP contribution is 2.13. The lowest BCUT2D eigenvalue weighted by molar-refractivity contribution is -0.123. The summed E-state index contributed by atoms with van der Waals surface area (Å²) in [6.45, 7) is 4.27. The molecule has 248 valence electrons. The monoisotopic (exact) mass is 592 g/mol. The molecule has 2 atom stereocenters. The minimum atomic E-state index is -0.835. The van der Waals surface area contributed by atoms with Crippen molar-refractivity contribution < 1.29 is 15.0 Å². The van der Waals surface area contributed by atoms with E-state index >= 15 is 0 Å². The zero-order valence-electron chi connectivity index (χ0n) is 28.3. The van der Waals surface area contributed by atoms with Gasteiger partial charge in [-0.3, -0.25) is 4.79 Å². The quantitative estimate of drug-likeness (QED) is 0.0525. The zero-order valence-corrected chi connectivity index (χ0v) is 28.3. The number of rotatable bonds is 33. The van der Waals surface area contributed by atoms with E-state index in [0.29, 0.717) is 6.42 Å². The van der Waals surface area contributed by atoms with Gasteiger partial charge in [-0.15, -0.1) is 0 Å². The van der Waals surface area contributed by atoms with Gasteiger partial charge in [0.25, 0.3) is 0 Å². The number of aliphatic hydroxyl groups excluding tert-OH is 2. The third-order valence-electron chi connectivity index (χ3n) is 8.43. The highest BCUT2D eigenvalue weighted by molar-refractivity contribution is 5.76. The summed E-state index contributed by atoms with van der Waals surface area (Å²) in [6, 6.07) is -0.619. The van der Waals surface area contributed by atoms with Crippen molar-refractivity contribution in [1.29, 1.82) is 0 Å². The maximum Gasteiger partial charge on any atom is 0.220 e. The number of hydrogen-bond donors (Lipinski definition) is 3. The van der Waals surface area contributed by atoms with E-state index in [2.05, 4.69) is 31.3 Å². The van der Waals surface area contributed by atoms with Crippen LogP contribution in [0, 0.1) is 0 Å². The van der Waals surface area contributed by atoms with Gasteiger partial charge in [0.1, 0.15) is 0 Å². The first-order chi connectivity index (χ1) is 20.7. The molecule has 0 heterocycles. The van der Waals surface area contributed by atoms with E-state index < -0.39 is 12.1 Å². The van der Waals surface area contributed by atoms with E-state index in [1.807, 2.05) is 6.08 Å². The number of unbranched alkanes of at least 4 members (excludes halogenated alkanes) is 24. The maximum absolute atomic E-state index is 12.3. The Balaban J connectivity index is 3.55. The molecule has 0 spiro atoms. The Morgan fingerprint density at radius 3 is 1.31 bits per heavy atom. The Hall–Kier alpha value is -1.13. The maximum atomic E-state index is 12.3. The van der Waals surface area contributed by atoms with Gasteiger partial charge >= 0.3 is 0 Å². The molecule has 2 unspecified atom stereocenters. The Bertz CT molecular complexity index is 603. The summed E-state index contributed by atoms with van der Waals surface area (Å²) in [6.07, 6.45) is 42.7. The van der Waals surface area contributed by atoms with E-state index in [9.17, 15) is 15.0 Å². The van der Waals surface area contributed by atoms with Crippen LogP contribution in [-0.4, -0.2) is 34.9 Å². The molecule has 0 aliphatic heterocycles. The number of carbonyl (C=O) groups excluding carboxylic acids is 1. The molecule has 0 rings (SSSR count). The number of nitrogens with one attached hydrogen (secondary N) is 1. The van der Waals surface area contributed by atoms with E-state index in [0.717, 1.165) is 25.7 Å². The van der Waals surface area contributed by atoms with Crippen LogP contribution in [0.5, 0.6) is 0 Å². The average molecular weight is 592 g/mol. The standard InChI is InChI=1S/C38H73NO3/c1-3-5-7-9-11-13-14-15-16-17-18-19-20-21-22-23-24-26-28-30-32-34-38(42)39-36(35-40)37(41)33-31-29-27-25-12-10-8-6-4-2/h19-20,31,33,36-37,40-41H,3-18,21-30,32,34-35H2,1-2H3,(H,39,42)/b20-19-,33-31+. The molecule has 0 saturated heterocycles. The Labute approximate surface area is 262 Å². The molecule has 1 amide bonds. The summed E-state index contributed by atoms with van der Waals surface area (Å²) >= 11 is 0. The van der Waals surface area contributed by atoms with Crippen molar-refractivity contribution in [1.82, 2.24) is 5.32 Å². The molecule has 0 bridgehead atoms. The normalized spacial score (nSPS) is 13.3. The van der Waals surface area contributed by atoms with Gasteiger partial charge in [0, 0.05) is 6.42 Å². The highest BCUT2D eigenvalue weighted by Gasteiger charge is 2.17. The molecule has 0 aliphatic carbocycles. The zero-order chi connectivity index (χ0) is 30.8. The van der Waals surface area contributed by atoms with Gasteiger partial charge < -0.3 is 15.5 Å². The minimum Gasteiger partial charge on any atom is -0.394 e. The molecular formula is C38H73NO3. The van der Waals surface area contributed by atoms with Crippen molar-refractivity contribution in [2.45, 2.75) is 206 Å². The first-order valence-electron chi connectivity index (χ1n) is 18.6. The van der Waals surface area contributed by atoms with Gasteiger partial charge in [0.15, 0.2) is 0 Å². The molecule has 0 aromatic heterocycles. The smallest absolute Gasteiger partial charge is 0.220 e. The van der Waals surface area contributed by atoms with E-state index in [4.69, 9.17) is 0 Å². The third kappa shape index (κ3) is 30.3. The molecule has 0 radical (unpaired) electrons. The molecule has 42 heavy (non-hydrogen) atoms. The SMILES string of the molecule is CCCCCCCCC/C=C/C(O)C(CO)NC(=O)CCCCCCCCC/C=C\CCCCCCCCCCCC. The van der Waals surface area contributed by atoms with Crippen LogP contribution < -0.4 is 5.32 Å². The van der Waals surface area contributed by atoms with Crippen LogP contribution in [0.3, 0.4) is 0 Å². The number of carbonyl (C=O) groups is 1. The largest absolute Gasteiger partial charge is 0.394 e. The second-order valence-corrected chi connectivity index (χ2v) is 12.6. The van der Waals surface area contributed by atoms with Crippen LogP contribution in [0.1, 0.15) is 194 Å². The van der Waals surface area contributed by atoms with Crippen LogP contribution >= 0.6 is 0 Å². The molecule has 3 N–H and O–H groups in total. The molecular weight excluding hydrogens is 518 g/mol. The number of allylic oxidation sites excluding steroid dienone is 3. The predicted molar refractivity (Wildman–Crippen MR) is 184 cm³/mol. The summed E-state index contributed by atoms with van der Waals surface area (Å²) in [7, 11) is 0. The summed E-state index contributed by atoms with van der Waals surface area (Å²) < 4.78 is 0. The molecule has 0 aliphatic rings. The van der Waals surface area contributed by atoms with Gasteiger partial charge in [-0.25, -0.2) is 0 Å². The van der Waals surface area contributed by atoms with E-state index in [1.165, 1.54) is 148 Å².